The predicted octanol–water partition coefficient (Wildman–Crippen LogP) is 4.04. The van der Waals surface area contributed by atoms with Gasteiger partial charge in [-0.1, -0.05) is 0 Å². The summed E-state index contributed by atoms with van der Waals surface area (Å²) in [6, 6.07) is 3.93. The number of amides is 1. The van der Waals surface area contributed by atoms with Crippen LogP contribution < -0.4 is 5.32 Å². The van der Waals surface area contributed by atoms with Crippen LogP contribution in [0.2, 0.25) is 0 Å². The highest BCUT2D eigenvalue weighted by Crippen LogP contribution is 2.60. The topological polar surface area (TPSA) is 54.9 Å². The van der Waals surface area contributed by atoms with Crippen molar-refractivity contribution in [2.24, 2.45) is 23.2 Å². The summed E-state index contributed by atoms with van der Waals surface area (Å²) in [5.74, 6) is 2.69. The number of nitrogens with one attached hydrogen (secondary N) is 1. The molecular formula is C20H23N3OS. The highest BCUT2D eigenvalue weighted by Gasteiger charge is 2.54. The fraction of sp³-hybridized carbons (Fsp3) is 0.550. The summed E-state index contributed by atoms with van der Waals surface area (Å²) in [7, 11) is 0. The van der Waals surface area contributed by atoms with E-state index in [0.717, 1.165) is 53.3 Å². The maximum absolute atomic E-state index is 13.0. The molecule has 0 atom stereocenters. The van der Waals surface area contributed by atoms with E-state index in [-0.39, 0.29) is 11.3 Å². The fourth-order valence-electron chi connectivity index (χ4n) is 5.78. The largest absolute Gasteiger partial charge is 0.349 e. The Hall–Kier alpha value is -1.75. The van der Waals surface area contributed by atoms with Crippen molar-refractivity contribution in [2.45, 2.75) is 45.1 Å². The fourth-order valence-corrected chi connectivity index (χ4v) is 6.52. The Morgan fingerprint density at radius 2 is 1.76 bits per heavy atom. The number of pyridine rings is 1. The van der Waals surface area contributed by atoms with Crippen LogP contribution in [0.15, 0.2) is 29.9 Å². The molecule has 4 aliphatic carbocycles. The van der Waals surface area contributed by atoms with Crippen LogP contribution in [0, 0.1) is 23.2 Å². The van der Waals surface area contributed by atoms with Crippen LogP contribution in [0.25, 0.3) is 11.3 Å². The van der Waals surface area contributed by atoms with Crippen LogP contribution >= 0.6 is 11.3 Å². The van der Waals surface area contributed by atoms with Gasteiger partial charge < -0.3 is 5.32 Å². The number of carbonyl (C=O) groups excluding carboxylic acids is 1. The minimum Gasteiger partial charge on any atom is -0.349 e. The van der Waals surface area contributed by atoms with Gasteiger partial charge in [0.25, 0.3) is 0 Å². The van der Waals surface area contributed by atoms with Crippen LogP contribution in [0.5, 0.6) is 0 Å². The Bertz CT molecular complexity index is 750. The molecule has 4 fully saturated rings. The first-order valence-corrected chi connectivity index (χ1v) is 10.2. The lowest BCUT2D eigenvalue weighted by Crippen LogP contribution is -2.53. The lowest BCUT2D eigenvalue weighted by atomic mass is 9.49. The second kappa shape index (κ2) is 5.90. The molecule has 0 unspecified atom stereocenters. The Morgan fingerprint density at radius 1 is 1.12 bits per heavy atom. The Balaban J connectivity index is 1.26. The first kappa shape index (κ1) is 15.5. The first-order chi connectivity index (χ1) is 12.2. The summed E-state index contributed by atoms with van der Waals surface area (Å²) < 4.78 is 0. The van der Waals surface area contributed by atoms with E-state index in [9.17, 15) is 4.79 Å². The predicted molar refractivity (Wildman–Crippen MR) is 97.8 cm³/mol. The van der Waals surface area contributed by atoms with Crippen LogP contribution in [-0.4, -0.2) is 15.9 Å². The van der Waals surface area contributed by atoms with Gasteiger partial charge in [-0.15, -0.1) is 11.3 Å². The maximum Gasteiger partial charge on any atom is 0.226 e. The smallest absolute Gasteiger partial charge is 0.226 e. The summed E-state index contributed by atoms with van der Waals surface area (Å²) in [4.78, 5) is 21.7. The molecule has 4 nitrogen and oxygen atoms in total. The van der Waals surface area contributed by atoms with Crippen LogP contribution in [0.3, 0.4) is 0 Å². The zero-order valence-electron chi connectivity index (χ0n) is 14.3. The molecule has 0 spiro atoms. The van der Waals surface area contributed by atoms with Crippen molar-refractivity contribution in [1.82, 2.24) is 15.3 Å². The third-order valence-electron chi connectivity index (χ3n) is 6.45. The third kappa shape index (κ3) is 2.78. The molecule has 2 aromatic heterocycles. The van der Waals surface area contributed by atoms with Gasteiger partial charge in [-0.05, 0) is 68.4 Å². The van der Waals surface area contributed by atoms with Gasteiger partial charge in [-0.2, -0.15) is 0 Å². The standard InChI is InChI=1S/C20H23N3OS/c24-19(20-8-13-5-14(9-20)7-15(6-13)10-20)22-11-18-23-17(12-25-18)16-1-3-21-4-2-16/h1-4,12-15H,5-11H2,(H,22,24). The van der Waals surface area contributed by atoms with E-state index in [1.54, 1.807) is 23.7 Å². The van der Waals surface area contributed by atoms with E-state index in [1.165, 1.54) is 19.3 Å². The van der Waals surface area contributed by atoms with Gasteiger partial charge in [0.2, 0.25) is 5.91 Å². The zero-order chi connectivity index (χ0) is 16.9. The Morgan fingerprint density at radius 3 is 2.40 bits per heavy atom. The van der Waals surface area contributed by atoms with Gasteiger partial charge in [0.15, 0.2) is 0 Å². The Labute approximate surface area is 152 Å². The van der Waals surface area contributed by atoms with Crippen molar-refractivity contribution in [3.8, 4) is 11.3 Å². The van der Waals surface area contributed by atoms with E-state index in [1.807, 2.05) is 12.1 Å². The lowest BCUT2D eigenvalue weighted by molar-refractivity contribution is -0.146. The highest BCUT2D eigenvalue weighted by molar-refractivity contribution is 7.09. The molecule has 2 heterocycles. The molecular weight excluding hydrogens is 330 g/mol. The summed E-state index contributed by atoms with van der Waals surface area (Å²) >= 11 is 1.62. The summed E-state index contributed by atoms with van der Waals surface area (Å²) in [5, 5.41) is 6.25. The number of aromatic nitrogens is 2. The quantitative estimate of drug-likeness (QED) is 0.902. The SMILES string of the molecule is O=C(NCc1nc(-c2ccncc2)cs1)C12CC3CC(CC(C3)C1)C2. The number of rotatable bonds is 4. The van der Waals surface area contributed by atoms with Crippen LogP contribution in [0.1, 0.15) is 43.5 Å². The molecule has 130 valence electrons. The molecule has 6 rings (SSSR count). The maximum atomic E-state index is 13.0. The van der Waals surface area contributed by atoms with Crippen LogP contribution in [-0.2, 0) is 11.3 Å². The van der Waals surface area contributed by atoms with Crippen molar-refractivity contribution in [1.29, 1.82) is 0 Å². The molecule has 4 saturated carbocycles. The van der Waals surface area contributed by atoms with E-state index >= 15 is 0 Å². The molecule has 0 saturated heterocycles. The molecule has 4 aliphatic rings. The van der Waals surface area contributed by atoms with Crippen molar-refractivity contribution in [2.75, 3.05) is 0 Å². The number of carbonyl (C=O) groups is 1. The van der Waals surface area contributed by atoms with Crippen molar-refractivity contribution in [3.63, 3.8) is 0 Å². The number of hydrogen-bond acceptors (Lipinski definition) is 4. The average molecular weight is 353 g/mol. The molecule has 5 heteroatoms. The molecule has 0 radical (unpaired) electrons. The summed E-state index contributed by atoms with van der Waals surface area (Å²) in [6.07, 6.45) is 11.0. The minimum absolute atomic E-state index is 0.0695. The van der Waals surface area contributed by atoms with Gasteiger partial charge in [-0.3, -0.25) is 9.78 Å². The molecule has 0 aliphatic heterocycles. The second-order valence-electron chi connectivity index (χ2n) is 8.24. The van der Waals surface area contributed by atoms with Gasteiger partial charge in [0.05, 0.1) is 12.2 Å². The monoisotopic (exact) mass is 353 g/mol. The van der Waals surface area contributed by atoms with Crippen molar-refractivity contribution in [3.05, 3.63) is 34.9 Å². The second-order valence-corrected chi connectivity index (χ2v) is 9.19. The number of thiazole rings is 1. The van der Waals surface area contributed by atoms with Crippen LogP contribution in [0.4, 0.5) is 0 Å². The van der Waals surface area contributed by atoms with E-state index in [2.05, 4.69) is 20.7 Å². The van der Waals surface area contributed by atoms with Gasteiger partial charge in [-0.25, -0.2) is 4.98 Å². The first-order valence-electron chi connectivity index (χ1n) is 9.33. The molecule has 0 aromatic carbocycles. The van der Waals surface area contributed by atoms with Crippen molar-refractivity contribution >= 4 is 17.2 Å². The number of nitrogens with zero attached hydrogens (tertiary/aromatic N) is 2. The van der Waals surface area contributed by atoms with Crippen molar-refractivity contribution < 1.29 is 4.79 Å². The minimum atomic E-state index is -0.0695. The summed E-state index contributed by atoms with van der Waals surface area (Å²) in [5.41, 5.74) is 1.97. The molecule has 25 heavy (non-hydrogen) atoms. The van der Waals surface area contributed by atoms with E-state index in [0.29, 0.717) is 6.54 Å². The molecule has 1 N–H and O–H groups in total. The molecule has 1 amide bonds. The van der Waals surface area contributed by atoms with Gasteiger partial charge >= 0.3 is 0 Å². The average Bonchev–Trinajstić information content (AvgIpc) is 3.08. The third-order valence-corrected chi connectivity index (χ3v) is 7.30. The lowest BCUT2D eigenvalue weighted by Gasteiger charge is -2.55. The highest BCUT2D eigenvalue weighted by atomic mass is 32.1. The van der Waals surface area contributed by atoms with E-state index in [4.69, 9.17) is 0 Å². The zero-order valence-corrected chi connectivity index (χ0v) is 15.1. The summed E-state index contributed by atoms with van der Waals surface area (Å²) in [6.45, 7) is 0.552. The normalized spacial score (nSPS) is 32.7. The van der Waals surface area contributed by atoms with E-state index < -0.39 is 0 Å². The Kier molecular flexibility index (Phi) is 3.66. The molecule has 2 aromatic rings. The van der Waals surface area contributed by atoms with Gasteiger partial charge in [0, 0.05) is 28.8 Å². The van der Waals surface area contributed by atoms with Gasteiger partial charge in [0.1, 0.15) is 5.01 Å². The molecule has 4 bridgehead atoms. The number of hydrogen-bond donors (Lipinski definition) is 1.